The van der Waals surface area contributed by atoms with Crippen molar-refractivity contribution >= 4 is 16.9 Å². The minimum Gasteiger partial charge on any atom is -0.481 e. The molecule has 162 valence electrons. The van der Waals surface area contributed by atoms with Crippen LogP contribution in [0, 0.1) is 5.92 Å². The largest absolute Gasteiger partial charge is 0.481 e. The van der Waals surface area contributed by atoms with E-state index in [1.807, 2.05) is 0 Å². The molecule has 3 aromatic carbocycles. The maximum atomic E-state index is 11.7. The molecule has 2 atom stereocenters. The van der Waals surface area contributed by atoms with Gasteiger partial charge in [-0.05, 0) is 47.1 Å². The van der Waals surface area contributed by atoms with Crippen molar-refractivity contribution < 1.29 is 9.90 Å². The lowest BCUT2D eigenvalue weighted by atomic mass is 9.75. The smallest absolute Gasteiger partial charge is 0.307 e. The van der Waals surface area contributed by atoms with Gasteiger partial charge in [-0.3, -0.25) is 4.79 Å². The first kappa shape index (κ1) is 20.6. The SMILES string of the molecule is Cn1c(-c2ccccc2)c(Cc2ccc([C@H]3CCCC[C@@H]3C(=O)O)cc2)c2ccccc21. The summed E-state index contributed by atoms with van der Waals surface area (Å²) in [5, 5.41) is 10.9. The summed E-state index contributed by atoms with van der Waals surface area (Å²) in [5.74, 6) is -0.771. The molecule has 0 amide bonds. The van der Waals surface area contributed by atoms with Gasteiger partial charge in [-0.1, -0.05) is 85.6 Å². The molecule has 0 bridgehead atoms. The molecule has 1 N–H and O–H groups in total. The van der Waals surface area contributed by atoms with Crippen molar-refractivity contribution in [3.8, 4) is 11.3 Å². The zero-order valence-corrected chi connectivity index (χ0v) is 18.5. The molecular formula is C29H29NO2. The maximum Gasteiger partial charge on any atom is 0.307 e. The highest BCUT2D eigenvalue weighted by atomic mass is 16.4. The van der Waals surface area contributed by atoms with E-state index in [2.05, 4.69) is 90.5 Å². The van der Waals surface area contributed by atoms with E-state index in [1.165, 1.54) is 38.9 Å². The highest BCUT2D eigenvalue weighted by molar-refractivity contribution is 5.92. The second-order valence-corrected chi connectivity index (χ2v) is 9.02. The lowest BCUT2D eigenvalue weighted by molar-refractivity contribution is -0.143. The van der Waals surface area contributed by atoms with Crippen molar-refractivity contribution in [3.63, 3.8) is 0 Å². The molecule has 0 radical (unpaired) electrons. The van der Waals surface area contributed by atoms with Gasteiger partial charge in [0, 0.05) is 24.4 Å². The van der Waals surface area contributed by atoms with Crippen molar-refractivity contribution in [2.24, 2.45) is 13.0 Å². The molecule has 1 fully saturated rings. The Morgan fingerprint density at radius 1 is 0.906 bits per heavy atom. The van der Waals surface area contributed by atoms with E-state index in [1.54, 1.807) is 0 Å². The summed E-state index contributed by atoms with van der Waals surface area (Å²) in [5.41, 5.74) is 7.48. The van der Waals surface area contributed by atoms with Gasteiger partial charge >= 0.3 is 5.97 Å². The summed E-state index contributed by atoms with van der Waals surface area (Å²) in [7, 11) is 2.15. The molecule has 1 aliphatic carbocycles. The third-order valence-corrected chi connectivity index (χ3v) is 7.13. The Hall–Kier alpha value is -3.33. The number of nitrogens with zero attached hydrogens (tertiary/aromatic N) is 1. The minimum atomic E-state index is -0.651. The number of aliphatic carboxylic acids is 1. The lowest BCUT2D eigenvalue weighted by Gasteiger charge is -2.29. The van der Waals surface area contributed by atoms with Crippen molar-refractivity contribution in [2.45, 2.75) is 38.0 Å². The lowest BCUT2D eigenvalue weighted by Crippen LogP contribution is -2.25. The van der Waals surface area contributed by atoms with Crippen LogP contribution in [0.25, 0.3) is 22.2 Å². The van der Waals surface area contributed by atoms with Crippen LogP contribution in [0.4, 0.5) is 0 Å². The van der Waals surface area contributed by atoms with Gasteiger partial charge in [0.1, 0.15) is 0 Å². The Balaban J connectivity index is 1.51. The number of benzene rings is 3. The summed E-state index contributed by atoms with van der Waals surface area (Å²) in [6.45, 7) is 0. The van der Waals surface area contributed by atoms with Crippen molar-refractivity contribution in [2.75, 3.05) is 0 Å². The van der Waals surface area contributed by atoms with E-state index in [9.17, 15) is 9.90 Å². The molecule has 0 saturated heterocycles. The van der Waals surface area contributed by atoms with Crippen LogP contribution in [0.1, 0.15) is 48.3 Å². The Labute approximate surface area is 189 Å². The first-order valence-electron chi connectivity index (χ1n) is 11.6. The summed E-state index contributed by atoms with van der Waals surface area (Å²) in [4.78, 5) is 11.7. The Bertz CT molecular complexity index is 1240. The van der Waals surface area contributed by atoms with Gasteiger partial charge in [-0.2, -0.15) is 0 Å². The van der Waals surface area contributed by atoms with Crippen LogP contribution in [0.2, 0.25) is 0 Å². The summed E-state index contributed by atoms with van der Waals surface area (Å²) >= 11 is 0. The fraction of sp³-hybridized carbons (Fsp3) is 0.276. The van der Waals surface area contributed by atoms with Gasteiger partial charge in [0.25, 0.3) is 0 Å². The number of carboxylic acid groups (broad SMARTS) is 1. The van der Waals surface area contributed by atoms with E-state index < -0.39 is 5.97 Å². The second kappa shape index (κ2) is 8.66. The van der Waals surface area contributed by atoms with E-state index in [-0.39, 0.29) is 11.8 Å². The Morgan fingerprint density at radius 2 is 1.59 bits per heavy atom. The number of fused-ring (bicyclic) bond motifs is 1. The van der Waals surface area contributed by atoms with Gasteiger partial charge < -0.3 is 9.67 Å². The number of carbonyl (C=O) groups is 1. The summed E-state index contributed by atoms with van der Waals surface area (Å²) in [6.07, 6.45) is 4.75. The zero-order valence-electron chi connectivity index (χ0n) is 18.5. The van der Waals surface area contributed by atoms with E-state index in [0.29, 0.717) is 0 Å². The predicted octanol–water partition coefficient (Wildman–Crippen LogP) is 6.79. The predicted molar refractivity (Wildman–Crippen MR) is 130 cm³/mol. The molecule has 5 rings (SSSR count). The molecule has 32 heavy (non-hydrogen) atoms. The molecule has 3 nitrogen and oxygen atoms in total. The summed E-state index contributed by atoms with van der Waals surface area (Å²) in [6, 6.07) is 27.9. The first-order valence-corrected chi connectivity index (χ1v) is 11.6. The number of aromatic nitrogens is 1. The Kier molecular flexibility index (Phi) is 5.57. The molecule has 0 spiro atoms. The number of carboxylic acids is 1. The number of hydrogen-bond acceptors (Lipinski definition) is 1. The molecule has 3 heteroatoms. The molecule has 1 heterocycles. The van der Waals surface area contributed by atoms with Gasteiger partial charge in [0.2, 0.25) is 0 Å². The molecular weight excluding hydrogens is 394 g/mol. The average Bonchev–Trinajstić information content (AvgIpc) is 3.11. The maximum absolute atomic E-state index is 11.7. The van der Waals surface area contributed by atoms with Crippen LogP contribution < -0.4 is 0 Å². The summed E-state index contributed by atoms with van der Waals surface area (Å²) < 4.78 is 2.30. The highest BCUT2D eigenvalue weighted by Crippen LogP contribution is 2.39. The van der Waals surface area contributed by atoms with Gasteiger partial charge in [0.05, 0.1) is 11.6 Å². The van der Waals surface area contributed by atoms with Crippen LogP contribution in [-0.4, -0.2) is 15.6 Å². The molecule has 1 saturated carbocycles. The van der Waals surface area contributed by atoms with Crippen molar-refractivity contribution in [1.82, 2.24) is 4.57 Å². The molecule has 1 aliphatic rings. The fourth-order valence-electron chi connectivity index (χ4n) is 5.53. The highest BCUT2D eigenvalue weighted by Gasteiger charge is 2.31. The third kappa shape index (κ3) is 3.73. The number of para-hydroxylation sites is 1. The monoisotopic (exact) mass is 423 g/mol. The fourth-order valence-corrected chi connectivity index (χ4v) is 5.53. The number of aryl methyl sites for hydroxylation is 1. The average molecular weight is 424 g/mol. The molecule has 4 aromatic rings. The van der Waals surface area contributed by atoms with Crippen molar-refractivity contribution in [1.29, 1.82) is 0 Å². The van der Waals surface area contributed by atoms with Crippen LogP contribution in [0.3, 0.4) is 0 Å². The van der Waals surface area contributed by atoms with Gasteiger partial charge in [-0.25, -0.2) is 0 Å². The quantitative estimate of drug-likeness (QED) is 0.384. The first-order chi connectivity index (χ1) is 15.6. The number of rotatable bonds is 5. The number of hydrogen-bond donors (Lipinski definition) is 1. The molecule has 0 aliphatic heterocycles. The van der Waals surface area contributed by atoms with Crippen LogP contribution >= 0.6 is 0 Å². The van der Waals surface area contributed by atoms with Crippen LogP contribution in [-0.2, 0) is 18.3 Å². The van der Waals surface area contributed by atoms with Gasteiger partial charge in [0.15, 0.2) is 0 Å². The topological polar surface area (TPSA) is 42.2 Å². The normalized spacial score (nSPS) is 18.7. The van der Waals surface area contributed by atoms with Crippen molar-refractivity contribution in [3.05, 3.63) is 95.6 Å². The third-order valence-electron chi connectivity index (χ3n) is 7.13. The van der Waals surface area contributed by atoms with Crippen LogP contribution in [0.5, 0.6) is 0 Å². The standard InChI is InChI=1S/C29H29NO2/c1-30-27-14-8-7-12-24(27)26(28(30)22-9-3-2-4-10-22)19-20-15-17-21(18-16-20)23-11-5-6-13-25(23)29(31)32/h2-4,7-10,12,14-18,23,25H,5-6,11,13,19H2,1H3,(H,31,32)/t23-,25+/m1/s1. The van der Waals surface area contributed by atoms with E-state index in [4.69, 9.17) is 0 Å². The van der Waals surface area contributed by atoms with Gasteiger partial charge in [-0.15, -0.1) is 0 Å². The second-order valence-electron chi connectivity index (χ2n) is 9.02. The Morgan fingerprint density at radius 3 is 2.34 bits per heavy atom. The minimum absolute atomic E-state index is 0.132. The zero-order chi connectivity index (χ0) is 22.1. The van der Waals surface area contributed by atoms with E-state index in [0.717, 1.165) is 32.1 Å². The van der Waals surface area contributed by atoms with Crippen LogP contribution in [0.15, 0.2) is 78.9 Å². The molecule has 0 unspecified atom stereocenters. The van der Waals surface area contributed by atoms with E-state index >= 15 is 0 Å². The molecule has 1 aromatic heterocycles.